The second kappa shape index (κ2) is 7.87. The van der Waals surface area contributed by atoms with Crippen molar-refractivity contribution in [3.05, 3.63) is 45.7 Å². The largest absolute Gasteiger partial charge is 0.357 e. The molecular weight excluding hydrogens is 345 g/mol. The summed E-state index contributed by atoms with van der Waals surface area (Å²) in [7, 11) is 0. The number of H-pyrrole nitrogens is 1. The van der Waals surface area contributed by atoms with Gasteiger partial charge in [0.2, 0.25) is 0 Å². The van der Waals surface area contributed by atoms with E-state index in [9.17, 15) is 4.79 Å². The predicted molar refractivity (Wildman–Crippen MR) is 104 cm³/mol. The fourth-order valence-electron chi connectivity index (χ4n) is 4.01. The summed E-state index contributed by atoms with van der Waals surface area (Å²) in [4.78, 5) is 18.2. The Morgan fingerprint density at radius 1 is 1.21 bits per heavy atom. The van der Waals surface area contributed by atoms with Gasteiger partial charge >= 0.3 is 0 Å². The Labute approximate surface area is 154 Å². The summed E-state index contributed by atoms with van der Waals surface area (Å²) in [5.74, 6) is 0.781. The van der Waals surface area contributed by atoms with Gasteiger partial charge in [0.15, 0.2) is 5.43 Å². The van der Waals surface area contributed by atoms with Crippen molar-refractivity contribution in [3.8, 4) is 0 Å². The zero-order valence-corrected chi connectivity index (χ0v) is 15.5. The number of fused-ring (bicyclic) bond motifs is 2. The number of nitrogens with zero attached hydrogens (tertiary/aromatic N) is 1. The second-order valence-corrected chi connectivity index (χ2v) is 6.86. The van der Waals surface area contributed by atoms with Crippen LogP contribution in [0.3, 0.4) is 0 Å². The number of piperidine rings is 1. The first-order valence-corrected chi connectivity index (χ1v) is 8.27. The average Bonchev–Trinajstić information content (AvgIpc) is 2.90. The molecule has 3 heterocycles. The zero-order chi connectivity index (χ0) is 15.1. The van der Waals surface area contributed by atoms with Gasteiger partial charge in [0, 0.05) is 48.3 Å². The molecule has 24 heavy (non-hydrogen) atoms. The van der Waals surface area contributed by atoms with E-state index < -0.39 is 0 Å². The number of aromatic amines is 1. The third kappa shape index (κ3) is 3.77. The van der Waals surface area contributed by atoms with Gasteiger partial charge in [-0.2, -0.15) is 0 Å². The molecule has 0 bridgehead atoms. The summed E-state index contributed by atoms with van der Waals surface area (Å²) in [6, 6.07) is 8.45. The Bertz CT molecular complexity index is 748. The molecule has 1 aromatic carbocycles. The molecule has 132 valence electrons. The Kier molecular flexibility index (Phi) is 6.32. The van der Waals surface area contributed by atoms with Crippen LogP contribution < -0.4 is 10.7 Å². The van der Waals surface area contributed by atoms with Crippen molar-refractivity contribution >= 4 is 35.7 Å². The van der Waals surface area contributed by atoms with Crippen molar-refractivity contribution in [2.24, 2.45) is 5.92 Å². The molecule has 2 atom stereocenters. The summed E-state index contributed by atoms with van der Waals surface area (Å²) >= 11 is 0. The number of pyridine rings is 1. The number of likely N-dealkylation sites (tertiary alicyclic amines) is 1. The van der Waals surface area contributed by atoms with Crippen LogP contribution in [0.5, 0.6) is 0 Å². The SMILES string of the molecule is Cc1ccc2[nH]c(CN3C[C@@H]4CCCN[C@@H]4C3)cc(=O)c2c1.Cl.Cl. The third-order valence-corrected chi connectivity index (χ3v) is 5.11. The van der Waals surface area contributed by atoms with Gasteiger partial charge in [0.05, 0.1) is 0 Å². The number of hydrogen-bond donors (Lipinski definition) is 2. The molecule has 4 rings (SSSR count). The molecule has 0 radical (unpaired) electrons. The van der Waals surface area contributed by atoms with E-state index >= 15 is 0 Å². The van der Waals surface area contributed by atoms with Crippen molar-refractivity contribution in [2.75, 3.05) is 19.6 Å². The minimum atomic E-state index is 0. The lowest BCUT2D eigenvalue weighted by atomic mass is 9.94. The number of aromatic nitrogens is 1. The summed E-state index contributed by atoms with van der Waals surface area (Å²) in [6.07, 6.45) is 2.63. The lowest BCUT2D eigenvalue weighted by molar-refractivity contribution is 0.309. The number of rotatable bonds is 2. The minimum Gasteiger partial charge on any atom is -0.357 e. The molecule has 6 heteroatoms. The van der Waals surface area contributed by atoms with E-state index in [2.05, 4.69) is 21.3 Å². The monoisotopic (exact) mass is 369 g/mol. The normalized spacial score (nSPS) is 23.4. The van der Waals surface area contributed by atoms with E-state index in [0.717, 1.165) is 54.3 Å². The first kappa shape index (κ1) is 19.3. The van der Waals surface area contributed by atoms with Gasteiger partial charge in [-0.15, -0.1) is 24.8 Å². The maximum atomic E-state index is 12.3. The van der Waals surface area contributed by atoms with Crippen LogP contribution >= 0.6 is 24.8 Å². The molecule has 2 N–H and O–H groups in total. The van der Waals surface area contributed by atoms with Crippen LogP contribution in [0.4, 0.5) is 0 Å². The Hall–Kier alpha value is -1.07. The fraction of sp³-hybridized carbons (Fsp3) is 0.500. The molecule has 2 fully saturated rings. The van der Waals surface area contributed by atoms with Gasteiger partial charge in [-0.1, -0.05) is 11.6 Å². The summed E-state index contributed by atoms with van der Waals surface area (Å²) in [5.41, 5.74) is 3.23. The Morgan fingerprint density at radius 3 is 2.83 bits per heavy atom. The summed E-state index contributed by atoms with van der Waals surface area (Å²) in [6.45, 7) is 6.25. The number of halogens is 2. The van der Waals surface area contributed by atoms with Crippen molar-refractivity contribution in [1.82, 2.24) is 15.2 Å². The van der Waals surface area contributed by atoms with Gasteiger partial charge in [0.1, 0.15) is 0 Å². The van der Waals surface area contributed by atoms with E-state index in [1.54, 1.807) is 6.07 Å². The highest BCUT2D eigenvalue weighted by Gasteiger charge is 2.34. The van der Waals surface area contributed by atoms with Gasteiger partial charge in [0.25, 0.3) is 0 Å². The van der Waals surface area contributed by atoms with Crippen LogP contribution in [-0.4, -0.2) is 35.6 Å². The lowest BCUT2D eigenvalue weighted by Crippen LogP contribution is -2.40. The molecule has 0 saturated carbocycles. The molecule has 4 nitrogen and oxygen atoms in total. The van der Waals surface area contributed by atoms with E-state index in [-0.39, 0.29) is 30.2 Å². The van der Waals surface area contributed by atoms with Crippen LogP contribution in [0.2, 0.25) is 0 Å². The number of hydrogen-bond acceptors (Lipinski definition) is 3. The quantitative estimate of drug-likeness (QED) is 0.855. The lowest BCUT2D eigenvalue weighted by Gasteiger charge is -2.24. The van der Waals surface area contributed by atoms with E-state index in [0.29, 0.717) is 6.04 Å². The minimum absolute atomic E-state index is 0. The van der Waals surface area contributed by atoms with Gasteiger partial charge in [-0.3, -0.25) is 9.69 Å². The smallest absolute Gasteiger partial charge is 0.189 e. The first-order valence-electron chi connectivity index (χ1n) is 8.27. The molecule has 0 amide bonds. The molecule has 1 aromatic heterocycles. The van der Waals surface area contributed by atoms with Crippen molar-refractivity contribution in [1.29, 1.82) is 0 Å². The predicted octanol–water partition coefficient (Wildman–Crippen LogP) is 2.86. The summed E-state index contributed by atoms with van der Waals surface area (Å²) < 4.78 is 0. The van der Waals surface area contributed by atoms with Crippen molar-refractivity contribution in [2.45, 2.75) is 32.4 Å². The molecule has 2 saturated heterocycles. The second-order valence-electron chi connectivity index (χ2n) is 6.86. The maximum absolute atomic E-state index is 12.3. The first-order chi connectivity index (χ1) is 10.7. The van der Waals surface area contributed by atoms with Gasteiger partial charge in [-0.05, 0) is 44.4 Å². The number of nitrogens with one attached hydrogen (secondary N) is 2. The van der Waals surface area contributed by atoms with Crippen LogP contribution in [0, 0.1) is 12.8 Å². The molecule has 0 spiro atoms. The van der Waals surface area contributed by atoms with Crippen molar-refractivity contribution < 1.29 is 0 Å². The molecule has 0 unspecified atom stereocenters. The summed E-state index contributed by atoms with van der Waals surface area (Å²) in [5, 5.41) is 4.42. The standard InChI is InChI=1S/C18H23N3O.2ClH/c1-12-4-5-16-15(7-12)18(22)8-14(20-16)10-21-9-13-3-2-6-19-17(13)11-21;;/h4-5,7-8,13,17,19H,2-3,6,9-11H2,1H3,(H,20,22);2*1H/t13-,17+;;/m0../s1. The number of aryl methyl sites for hydroxylation is 1. The molecule has 2 aromatic rings. The number of benzene rings is 1. The topological polar surface area (TPSA) is 48.1 Å². The highest BCUT2D eigenvalue weighted by molar-refractivity contribution is 5.85. The van der Waals surface area contributed by atoms with Crippen LogP contribution in [-0.2, 0) is 6.54 Å². The zero-order valence-electron chi connectivity index (χ0n) is 13.9. The molecule has 2 aliphatic rings. The third-order valence-electron chi connectivity index (χ3n) is 5.11. The Morgan fingerprint density at radius 2 is 2.04 bits per heavy atom. The van der Waals surface area contributed by atoms with E-state index in [1.165, 1.54) is 12.8 Å². The van der Waals surface area contributed by atoms with Gasteiger partial charge < -0.3 is 10.3 Å². The highest BCUT2D eigenvalue weighted by atomic mass is 35.5. The molecule has 0 aliphatic carbocycles. The highest BCUT2D eigenvalue weighted by Crippen LogP contribution is 2.25. The van der Waals surface area contributed by atoms with Gasteiger partial charge in [-0.25, -0.2) is 0 Å². The van der Waals surface area contributed by atoms with Crippen molar-refractivity contribution in [3.63, 3.8) is 0 Å². The molecule has 2 aliphatic heterocycles. The molecular formula is C18H25Cl2N3O. The van der Waals surface area contributed by atoms with Crippen LogP contribution in [0.25, 0.3) is 10.9 Å². The Balaban J connectivity index is 0.00000104. The van der Waals surface area contributed by atoms with E-state index in [4.69, 9.17) is 0 Å². The van der Waals surface area contributed by atoms with Crippen LogP contribution in [0.15, 0.2) is 29.1 Å². The maximum Gasteiger partial charge on any atom is 0.189 e. The average molecular weight is 370 g/mol. The fourth-order valence-corrected chi connectivity index (χ4v) is 4.01. The van der Waals surface area contributed by atoms with E-state index in [1.807, 2.05) is 19.1 Å². The van der Waals surface area contributed by atoms with Crippen LogP contribution in [0.1, 0.15) is 24.1 Å².